The first kappa shape index (κ1) is 11.0. The summed E-state index contributed by atoms with van der Waals surface area (Å²) >= 11 is 0. The van der Waals surface area contributed by atoms with Gasteiger partial charge in [0, 0.05) is 46.2 Å². The largest absolute Gasteiger partial charge is 0.377 e. The standard InChI is InChI=1S/C11H19NO3/c1-14-10-6-12(7-11(10)15-2)8-3-4-9(13)5-8/h8,10-11H,3-7H2,1-2H3. The van der Waals surface area contributed by atoms with Gasteiger partial charge in [-0.2, -0.15) is 0 Å². The summed E-state index contributed by atoms with van der Waals surface area (Å²) in [6, 6.07) is 0.426. The molecule has 0 bridgehead atoms. The van der Waals surface area contributed by atoms with Crippen LogP contribution in [0.3, 0.4) is 0 Å². The molecule has 0 aromatic rings. The third-order valence-electron chi connectivity index (χ3n) is 3.59. The molecule has 0 radical (unpaired) electrons. The maximum Gasteiger partial charge on any atom is 0.134 e. The first-order valence-corrected chi connectivity index (χ1v) is 5.56. The fraction of sp³-hybridized carbons (Fsp3) is 0.909. The van der Waals surface area contributed by atoms with Crippen LogP contribution in [-0.2, 0) is 14.3 Å². The van der Waals surface area contributed by atoms with E-state index in [-0.39, 0.29) is 12.2 Å². The minimum Gasteiger partial charge on any atom is -0.377 e. The summed E-state index contributed by atoms with van der Waals surface area (Å²) in [5.41, 5.74) is 0. The molecule has 0 amide bonds. The third kappa shape index (κ3) is 2.22. The van der Waals surface area contributed by atoms with Gasteiger partial charge < -0.3 is 9.47 Å². The van der Waals surface area contributed by atoms with Crippen LogP contribution >= 0.6 is 0 Å². The summed E-state index contributed by atoms with van der Waals surface area (Å²) in [5, 5.41) is 0. The zero-order valence-electron chi connectivity index (χ0n) is 9.44. The Bertz CT molecular complexity index is 232. The number of likely N-dealkylation sites (tertiary alicyclic amines) is 1. The third-order valence-corrected chi connectivity index (χ3v) is 3.59. The van der Waals surface area contributed by atoms with Gasteiger partial charge in [0.2, 0.25) is 0 Å². The van der Waals surface area contributed by atoms with Gasteiger partial charge in [0.1, 0.15) is 5.78 Å². The van der Waals surface area contributed by atoms with Crippen LogP contribution in [0.15, 0.2) is 0 Å². The van der Waals surface area contributed by atoms with Crippen molar-refractivity contribution in [2.24, 2.45) is 0 Å². The second kappa shape index (κ2) is 4.60. The van der Waals surface area contributed by atoms with Crippen molar-refractivity contribution in [3.63, 3.8) is 0 Å². The molecule has 1 aliphatic carbocycles. The first-order chi connectivity index (χ1) is 7.24. The Morgan fingerprint density at radius 3 is 2.20 bits per heavy atom. The van der Waals surface area contributed by atoms with E-state index in [2.05, 4.69) is 4.90 Å². The van der Waals surface area contributed by atoms with Crippen molar-refractivity contribution in [3.05, 3.63) is 0 Å². The highest BCUT2D eigenvalue weighted by Crippen LogP contribution is 2.26. The monoisotopic (exact) mass is 213 g/mol. The van der Waals surface area contributed by atoms with Gasteiger partial charge in [0.25, 0.3) is 0 Å². The topological polar surface area (TPSA) is 38.8 Å². The average molecular weight is 213 g/mol. The molecule has 2 rings (SSSR count). The summed E-state index contributed by atoms with van der Waals surface area (Å²) in [6.07, 6.45) is 2.78. The highest BCUT2D eigenvalue weighted by atomic mass is 16.5. The molecule has 86 valence electrons. The Kier molecular flexibility index (Phi) is 3.38. The maximum absolute atomic E-state index is 11.2. The molecule has 2 fully saturated rings. The minimum atomic E-state index is 0.158. The second-order valence-corrected chi connectivity index (χ2v) is 4.44. The van der Waals surface area contributed by atoms with E-state index in [0.717, 1.165) is 25.9 Å². The molecule has 0 spiro atoms. The summed E-state index contributed by atoms with van der Waals surface area (Å²) < 4.78 is 10.8. The lowest BCUT2D eigenvalue weighted by atomic mass is 10.2. The summed E-state index contributed by atoms with van der Waals surface area (Å²) in [6.45, 7) is 1.79. The van der Waals surface area contributed by atoms with Gasteiger partial charge in [-0.1, -0.05) is 0 Å². The molecule has 3 atom stereocenters. The molecule has 0 aromatic heterocycles. The van der Waals surface area contributed by atoms with Crippen molar-refractivity contribution in [2.45, 2.75) is 37.5 Å². The van der Waals surface area contributed by atoms with E-state index >= 15 is 0 Å². The molecule has 0 N–H and O–H groups in total. The number of carbonyl (C=O) groups excluding carboxylic acids is 1. The Balaban J connectivity index is 1.93. The van der Waals surface area contributed by atoms with Crippen molar-refractivity contribution in [1.29, 1.82) is 0 Å². The van der Waals surface area contributed by atoms with Crippen LogP contribution in [0, 0.1) is 0 Å². The number of Topliss-reactive ketones (excluding diaryl/α,β-unsaturated/α-hetero) is 1. The first-order valence-electron chi connectivity index (χ1n) is 5.56. The number of ketones is 1. The van der Waals surface area contributed by atoms with Crippen LogP contribution in [0.25, 0.3) is 0 Å². The van der Waals surface area contributed by atoms with Gasteiger partial charge >= 0.3 is 0 Å². The minimum absolute atomic E-state index is 0.158. The van der Waals surface area contributed by atoms with Crippen LogP contribution < -0.4 is 0 Å². The molecular formula is C11H19NO3. The molecule has 0 aromatic carbocycles. The number of nitrogens with zero attached hydrogens (tertiary/aromatic N) is 1. The van der Waals surface area contributed by atoms with E-state index < -0.39 is 0 Å². The Morgan fingerprint density at radius 2 is 1.80 bits per heavy atom. The lowest BCUT2D eigenvalue weighted by molar-refractivity contribution is -0.117. The van der Waals surface area contributed by atoms with E-state index in [1.165, 1.54) is 0 Å². The fourth-order valence-electron chi connectivity index (χ4n) is 2.63. The van der Waals surface area contributed by atoms with E-state index in [1.807, 2.05) is 0 Å². The Morgan fingerprint density at radius 1 is 1.20 bits per heavy atom. The molecular weight excluding hydrogens is 194 g/mol. The molecule has 1 saturated carbocycles. The van der Waals surface area contributed by atoms with Gasteiger partial charge in [-0.15, -0.1) is 0 Å². The molecule has 15 heavy (non-hydrogen) atoms. The van der Waals surface area contributed by atoms with E-state index in [0.29, 0.717) is 18.2 Å². The number of hydrogen-bond donors (Lipinski definition) is 0. The number of rotatable bonds is 3. The normalized spacial score (nSPS) is 37.7. The van der Waals surface area contributed by atoms with Gasteiger partial charge in [0.05, 0.1) is 12.2 Å². The molecule has 4 heteroatoms. The SMILES string of the molecule is COC1CN(C2CCC(=O)C2)CC1OC. The molecule has 3 unspecified atom stereocenters. The van der Waals surface area contributed by atoms with Crippen LogP contribution in [0.1, 0.15) is 19.3 Å². The highest BCUT2D eigenvalue weighted by Gasteiger charge is 2.38. The second-order valence-electron chi connectivity index (χ2n) is 4.44. The number of methoxy groups -OCH3 is 2. The predicted molar refractivity (Wildman–Crippen MR) is 55.8 cm³/mol. The predicted octanol–water partition coefficient (Wildman–Crippen LogP) is 0.454. The summed E-state index contributed by atoms with van der Waals surface area (Å²) in [4.78, 5) is 13.6. The smallest absolute Gasteiger partial charge is 0.134 e. The van der Waals surface area contributed by atoms with Crippen LogP contribution in [0.2, 0.25) is 0 Å². The molecule has 1 aliphatic heterocycles. The van der Waals surface area contributed by atoms with Crippen molar-refractivity contribution in [3.8, 4) is 0 Å². The molecule has 2 aliphatic rings. The lowest BCUT2D eigenvalue weighted by Crippen LogP contribution is -2.32. The van der Waals surface area contributed by atoms with Gasteiger partial charge in [-0.25, -0.2) is 0 Å². The Labute approximate surface area is 90.5 Å². The van der Waals surface area contributed by atoms with E-state index in [1.54, 1.807) is 14.2 Å². The zero-order valence-corrected chi connectivity index (χ0v) is 9.44. The van der Waals surface area contributed by atoms with Crippen LogP contribution in [-0.4, -0.2) is 56.2 Å². The number of carbonyl (C=O) groups is 1. The van der Waals surface area contributed by atoms with E-state index in [4.69, 9.17) is 9.47 Å². The van der Waals surface area contributed by atoms with Crippen molar-refractivity contribution >= 4 is 5.78 Å². The van der Waals surface area contributed by atoms with E-state index in [9.17, 15) is 4.79 Å². The summed E-state index contributed by atoms with van der Waals surface area (Å²) in [7, 11) is 3.44. The molecule has 1 heterocycles. The number of ether oxygens (including phenoxy) is 2. The lowest BCUT2D eigenvalue weighted by Gasteiger charge is -2.22. The quantitative estimate of drug-likeness (QED) is 0.682. The fourth-order valence-corrected chi connectivity index (χ4v) is 2.63. The van der Waals surface area contributed by atoms with Crippen molar-refractivity contribution < 1.29 is 14.3 Å². The summed E-state index contributed by atoms with van der Waals surface area (Å²) in [5.74, 6) is 0.398. The van der Waals surface area contributed by atoms with Crippen LogP contribution in [0.4, 0.5) is 0 Å². The van der Waals surface area contributed by atoms with Crippen LogP contribution in [0.5, 0.6) is 0 Å². The highest BCUT2D eigenvalue weighted by molar-refractivity contribution is 5.81. The van der Waals surface area contributed by atoms with Gasteiger partial charge in [-0.05, 0) is 6.42 Å². The number of hydrogen-bond acceptors (Lipinski definition) is 4. The van der Waals surface area contributed by atoms with Crippen molar-refractivity contribution in [2.75, 3.05) is 27.3 Å². The maximum atomic E-state index is 11.2. The van der Waals surface area contributed by atoms with Gasteiger partial charge in [-0.3, -0.25) is 9.69 Å². The molecule has 4 nitrogen and oxygen atoms in total. The van der Waals surface area contributed by atoms with Gasteiger partial charge in [0.15, 0.2) is 0 Å². The Hall–Kier alpha value is -0.450. The zero-order chi connectivity index (χ0) is 10.8. The molecule has 1 saturated heterocycles. The average Bonchev–Trinajstić information content (AvgIpc) is 2.82. The van der Waals surface area contributed by atoms with Crippen molar-refractivity contribution in [1.82, 2.24) is 4.90 Å².